The summed E-state index contributed by atoms with van der Waals surface area (Å²) in [6.07, 6.45) is 0. The maximum Gasteiger partial charge on any atom is 0.105 e. The summed E-state index contributed by atoms with van der Waals surface area (Å²) in [5, 5.41) is 5.57. The summed E-state index contributed by atoms with van der Waals surface area (Å²) < 4.78 is 4.08. The molecule has 2 nitrogen and oxygen atoms in total. The molecule has 0 radical (unpaired) electrons. The van der Waals surface area contributed by atoms with Crippen LogP contribution in [0.4, 0.5) is 0 Å². The molecule has 0 N–H and O–H groups in total. The summed E-state index contributed by atoms with van der Waals surface area (Å²) in [7, 11) is -1.30. The van der Waals surface area contributed by atoms with Crippen molar-refractivity contribution < 1.29 is 0 Å². The third kappa shape index (κ3) is 2.37. The molecule has 0 saturated heterocycles. The van der Waals surface area contributed by atoms with Gasteiger partial charge in [-0.25, -0.2) is 0 Å². The minimum absolute atomic E-state index is 0.198. The minimum Gasteiger partial charge on any atom is -0.148 e. The fourth-order valence-electron chi connectivity index (χ4n) is 1.17. The predicted octanol–water partition coefficient (Wildman–Crippen LogP) is 2.38. The first-order chi connectivity index (χ1) is 5.73. The largest absolute Gasteiger partial charge is 0.148 e. The van der Waals surface area contributed by atoms with Gasteiger partial charge in [-0.05, 0) is 16.9 Å². The van der Waals surface area contributed by atoms with Crippen LogP contribution < -0.4 is 5.32 Å². The zero-order valence-electron chi connectivity index (χ0n) is 9.30. The van der Waals surface area contributed by atoms with Crippen LogP contribution in [0.2, 0.25) is 19.6 Å². The molecule has 0 aliphatic heterocycles. The monoisotopic (exact) mass is 214 g/mol. The molecular formula is C9H18N2SSi. The summed E-state index contributed by atoms with van der Waals surface area (Å²) in [6, 6.07) is 0. The fraction of sp³-hybridized carbons (Fsp3) is 0.778. The highest BCUT2D eigenvalue weighted by molar-refractivity contribution is 7.08. The molecule has 74 valence electrons. The molecular weight excluding hydrogens is 196 g/mol. The second-order valence-electron chi connectivity index (χ2n) is 5.45. The Morgan fingerprint density at radius 1 is 1.15 bits per heavy atom. The van der Waals surface area contributed by atoms with E-state index >= 15 is 0 Å². The van der Waals surface area contributed by atoms with E-state index in [-0.39, 0.29) is 5.41 Å². The normalized spacial score (nSPS) is 13.4. The van der Waals surface area contributed by atoms with E-state index in [1.165, 1.54) is 10.2 Å². The highest BCUT2D eigenvalue weighted by atomic mass is 32.1. The van der Waals surface area contributed by atoms with E-state index in [0.29, 0.717) is 0 Å². The van der Waals surface area contributed by atoms with Gasteiger partial charge < -0.3 is 0 Å². The van der Waals surface area contributed by atoms with Crippen LogP contribution in [0.25, 0.3) is 0 Å². The third-order valence-corrected chi connectivity index (χ3v) is 4.98. The Labute approximate surface area is 85.6 Å². The van der Waals surface area contributed by atoms with Crippen LogP contribution in [0.1, 0.15) is 25.6 Å². The molecule has 13 heavy (non-hydrogen) atoms. The number of hydrogen-bond acceptors (Lipinski definition) is 3. The maximum absolute atomic E-state index is 4.28. The average molecular weight is 214 g/mol. The Kier molecular flexibility index (Phi) is 2.65. The van der Waals surface area contributed by atoms with Crippen LogP contribution in [-0.4, -0.2) is 17.7 Å². The number of rotatable bonds is 1. The lowest BCUT2D eigenvalue weighted by Crippen LogP contribution is -2.43. The highest BCUT2D eigenvalue weighted by Gasteiger charge is 2.30. The van der Waals surface area contributed by atoms with E-state index in [1.807, 2.05) is 0 Å². The van der Waals surface area contributed by atoms with E-state index in [1.54, 1.807) is 11.5 Å². The van der Waals surface area contributed by atoms with Gasteiger partial charge in [-0.3, -0.25) is 0 Å². The number of aromatic nitrogens is 2. The average Bonchev–Trinajstić information content (AvgIpc) is 2.27. The molecule has 0 aliphatic carbocycles. The van der Waals surface area contributed by atoms with Gasteiger partial charge in [0.05, 0.1) is 5.32 Å². The second-order valence-corrected chi connectivity index (χ2v) is 11.2. The van der Waals surface area contributed by atoms with Crippen LogP contribution in [0.5, 0.6) is 0 Å². The summed E-state index contributed by atoms with van der Waals surface area (Å²) in [6.45, 7) is 13.6. The smallest absolute Gasteiger partial charge is 0.105 e. The van der Waals surface area contributed by atoms with Gasteiger partial charge in [0.25, 0.3) is 0 Å². The number of hydrogen-bond donors (Lipinski definition) is 0. The van der Waals surface area contributed by atoms with Gasteiger partial charge in [0.1, 0.15) is 8.07 Å². The zero-order chi connectivity index (χ0) is 10.3. The standard InChI is InChI=1S/C9H18N2SSi/c1-9(2,3)7-8(10-11-12-7)13(4,5)6/h1-6H3. The molecule has 0 spiro atoms. The first-order valence-electron chi connectivity index (χ1n) is 4.56. The number of nitrogens with zero attached hydrogens (tertiary/aromatic N) is 2. The van der Waals surface area contributed by atoms with Crippen molar-refractivity contribution in [2.24, 2.45) is 0 Å². The van der Waals surface area contributed by atoms with Crippen molar-refractivity contribution in [3.05, 3.63) is 4.88 Å². The molecule has 0 saturated carbocycles. The van der Waals surface area contributed by atoms with E-state index in [0.717, 1.165) is 0 Å². The fourth-order valence-corrected chi connectivity index (χ4v) is 4.31. The van der Waals surface area contributed by atoms with E-state index in [4.69, 9.17) is 0 Å². The quantitative estimate of drug-likeness (QED) is 0.671. The van der Waals surface area contributed by atoms with Gasteiger partial charge in [0.2, 0.25) is 0 Å². The van der Waals surface area contributed by atoms with Crippen molar-refractivity contribution in [3.8, 4) is 0 Å². The Morgan fingerprint density at radius 2 is 1.69 bits per heavy atom. The van der Waals surface area contributed by atoms with Crippen molar-refractivity contribution in [1.82, 2.24) is 9.59 Å². The van der Waals surface area contributed by atoms with Crippen molar-refractivity contribution in [2.45, 2.75) is 45.8 Å². The van der Waals surface area contributed by atoms with E-state index in [2.05, 4.69) is 50.0 Å². The van der Waals surface area contributed by atoms with E-state index in [9.17, 15) is 0 Å². The molecule has 0 unspecified atom stereocenters. The van der Waals surface area contributed by atoms with Gasteiger partial charge in [0.15, 0.2) is 0 Å². The van der Waals surface area contributed by atoms with Crippen LogP contribution in [0.15, 0.2) is 0 Å². The molecule has 1 aromatic rings. The molecule has 1 aromatic heterocycles. The molecule has 0 bridgehead atoms. The zero-order valence-corrected chi connectivity index (χ0v) is 11.1. The van der Waals surface area contributed by atoms with Gasteiger partial charge in [-0.15, -0.1) is 5.10 Å². The lowest BCUT2D eigenvalue weighted by atomic mass is 9.95. The Balaban J connectivity index is 3.19. The van der Waals surface area contributed by atoms with Crippen LogP contribution >= 0.6 is 11.5 Å². The molecule has 1 heterocycles. The van der Waals surface area contributed by atoms with E-state index < -0.39 is 8.07 Å². The van der Waals surface area contributed by atoms with Crippen LogP contribution in [-0.2, 0) is 5.41 Å². The molecule has 0 aromatic carbocycles. The molecule has 0 amide bonds. The van der Waals surface area contributed by atoms with Crippen molar-refractivity contribution in [3.63, 3.8) is 0 Å². The lowest BCUT2D eigenvalue weighted by molar-refractivity contribution is 0.606. The van der Waals surface area contributed by atoms with Crippen LogP contribution in [0.3, 0.4) is 0 Å². The van der Waals surface area contributed by atoms with Gasteiger partial charge in [0, 0.05) is 4.88 Å². The highest BCUT2D eigenvalue weighted by Crippen LogP contribution is 2.24. The summed E-state index contributed by atoms with van der Waals surface area (Å²) in [5.74, 6) is 0. The molecule has 0 atom stereocenters. The topological polar surface area (TPSA) is 25.8 Å². The Hall–Kier alpha value is -0.223. The van der Waals surface area contributed by atoms with Gasteiger partial charge in [-0.2, -0.15) is 0 Å². The Morgan fingerprint density at radius 3 is 2.00 bits per heavy atom. The SMILES string of the molecule is CC(C)(C)c1snnc1[Si](C)(C)C. The molecule has 0 fully saturated rings. The van der Waals surface area contributed by atoms with Gasteiger partial charge in [-0.1, -0.05) is 44.9 Å². The molecule has 1 rings (SSSR count). The summed E-state index contributed by atoms with van der Waals surface area (Å²) >= 11 is 1.56. The minimum atomic E-state index is -1.30. The lowest BCUT2D eigenvalue weighted by Gasteiger charge is -2.22. The molecule has 4 heteroatoms. The predicted molar refractivity (Wildman–Crippen MR) is 61.6 cm³/mol. The van der Waals surface area contributed by atoms with Crippen molar-refractivity contribution in [1.29, 1.82) is 0 Å². The summed E-state index contributed by atoms with van der Waals surface area (Å²) in [5.41, 5.74) is 0.198. The summed E-state index contributed by atoms with van der Waals surface area (Å²) in [4.78, 5) is 1.37. The Bertz CT molecular complexity index is 265. The third-order valence-electron chi connectivity index (χ3n) is 1.88. The molecule has 0 aliphatic rings. The second kappa shape index (κ2) is 3.17. The van der Waals surface area contributed by atoms with Gasteiger partial charge >= 0.3 is 0 Å². The first kappa shape index (κ1) is 10.9. The van der Waals surface area contributed by atoms with Crippen molar-refractivity contribution in [2.75, 3.05) is 0 Å². The van der Waals surface area contributed by atoms with Crippen LogP contribution in [0, 0.1) is 0 Å². The first-order valence-corrected chi connectivity index (χ1v) is 8.83. The maximum atomic E-state index is 4.28. The van der Waals surface area contributed by atoms with Crippen molar-refractivity contribution >= 4 is 24.9 Å².